The topological polar surface area (TPSA) is 69.6 Å². The van der Waals surface area contributed by atoms with E-state index in [1.807, 2.05) is 37.3 Å². The van der Waals surface area contributed by atoms with E-state index < -0.39 is 17.0 Å². The molecule has 2 aliphatic rings. The van der Waals surface area contributed by atoms with Gasteiger partial charge < -0.3 is 10.4 Å². The van der Waals surface area contributed by atoms with Gasteiger partial charge in [-0.25, -0.2) is 0 Å². The molecule has 1 heterocycles. The van der Waals surface area contributed by atoms with Crippen molar-refractivity contribution < 1.29 is 14.7 Å². The molecule has 5 heteroatoms. The van der Waals surface area contributed by atoms with Crippen LogP contribution in [0, 0.1) is 0 Å². The van der Waals surface area contributed by atoms with E-state index in [0.717, 1.165) is 44.3 Å². The standard InChI is InChI=1S/C20H28N2O3/c1-15(23)21-19(2)12-8-11-17(16-9-4-3-5-10-16)20(19,18(24)25)22-13-6-7-14-22/h3-5,9-10,17H,6-8,11-14H2,1-2H3,(H,21,23)(H,24,25). The number of nitrogens with zero attached hydrogens (tertiary/aromatic N) is 1. The van der Waals surface area contributed by atoms with Gasteiger partial charge in [0.2, 0.25) is 5.91 Å². The zero-order valence-corrected chi connectivity index (χ0v) is 15.1. The first-order chi connectivity index (χ1) is 11.9. The largest absolute Gasteiger partial charge is 0.480 e. The average Bonchev–Trinajstić information content (AvgIpc) is 3.08. The van der Waals surface area contributed by atoms with E-state index in [2.05, 4.69) is 10.2 Å². The van der Waals surface area contributed by atoms with Crippen LogP contribution in [0.15, 0.2) is 30.3 Å². The molecule has 5 nitrogen and oxygen atoms in total. The number of nitrogens with one attached hydrogen (secondary N) is 1. The number of hydrogen-bond acceptors (Lipinski definition) is 3. The zero-order chi connectivity index (χ0) is 18.1. The predicted octanol–water partition coefficient (Wildman–Crippen LogP) is 2.77. The van der Waals surface area contributed by atoms with E-state index >= 15 is 0 Å². The monoisotopic (exact) mass is 344 g/mol. The molecule has 1 aliphatic carbocycles. The van der Waals surface area contributed by atoms with Gasteiger partial charge in [-0.3, -0.25) is 14.5 Å². The highest BCUT2D eigenvalue weighted by atomic mass is 16.4. The number of carboxylic acid groups (broad SMARTS) is 1. The fraction of sp³-hybridized carbons (Fsp3) is 0.600. The second-order valence-corrected chi connectivity index (χ2v) is 7.63. The first-order valence-electron chi connectivity index (χ1n) is 9.24. The van der Waals surface area contributed by atoms with Gasteiger partial charge in [0.25, 0.3) is 0 Å². The van der Waals surface area contributed by atoms with Crippen molar-refractivity contribution in [2.24, 2.45) is 0 Å². The third kappa shape index (κ3) is 2.84. The van der Waals surface area contributed by atoms with Crippen LogP contribution in [-0.4, -0.2) is 46.1 Å². The van der Waals surface area contributed by atoms with Crippen molar-refractivity contribution in [3.8, 4) is 0 Å². The van der Waals surface area contributed by atoms with Crippen molar-refractivity contribution in [3.05, 3.63) is 35.9 Å². The highest BCUT2D eigenvalue weighted by molar-refractivity contribution is 5.85. The van der Waals surface area contributed by atoms with E-state index in [9.17, 15) is 14.7 Å². The minimum absolute atomic E-state index is 0.144. The van der Waals surface area contributed by atoms with Crippen molar-refractivity contribution in [3.63, 3.8) is 0 Å². The molecule has 0 bridgehead atoms. The lowest BCUT2D eigenvalue weighted by Crippen LogP contribution is -2.76. The lowest BCUT2D eigenvalue weighted by molar-refractivity contribution is -0.164. The van der Waals surface area contributed by atoms with Gasteiger partial charge in [0.15, 0.2) is 0 Å². The summed E-state index contributed by atoms with van der Waals surface area (Å²) in [5.41, 5.74) is -0.865. The van der Waals surface area contributed by atoms with E-state index in [0.29, 0.717) is 6.42 Å². The van der Waals surface area contributed by atoms with E-state index in [4.69, 9.17) is 0 Å². The summed E-state index contributed by atoms with van der Waals surface area (Å²) in [5.74, 6) is -1.13. The Morgan fingerprint density at radius 2 is 1.80 bits per heavy atom. The highest BCUT2D eigenvalue weighted by Crippen LogP contribution is 2.51. The number of amides is 1. The number of carbonyl (C=O) groups is 2. The molecule has 0 spiro atoms. The zero-order valence-electron chi connectivity index (χ0n) is 15.1. The fourth-order valence-corrected chi connectivity index (χ4v) is 5.24. The molecule has 1 aromatic rings. The first kappa shape index (κ1) is 17.9. The Kier molecular flexibility index (Phi) is 4.87. The van der Waals surface area contributed by atoms with Gasteiger partial charge in [0.05, 0.1) is 5.54 Å². The van der Waals surface area contributed by atoms with Crippen molar-refractivity contribution >= 4 is 11.9 Å². The number of hydrogen-bond donors (Lipinski definition) is 2. The Morgan fingerprint density at radius 1 is 1.16 bits per heavy atom. The summed E-state index contributed by atoms with van der Waals surface area (Å²) in [5, 5.41) is 13.6. The Morgan fingerprint density at radius 3 is 2.36 bits per heavy atom. The van der Waals surface area contributed by atoms with Gasteiger partial charge in [-0.05, 0) is 51.3 Å². The molecular weight excluding hydrogens is 316 g/mol. The van der Waals surface area contributed by atoms with Gasteiger partial charge in [-0.2, -0.15) is 0 Å². The molecule has 1 amide bonds. The molecule has 25 heavy (non-hydrogen) atoms. The van der Waals surface area contributed by atoms with Gasteiger partial charge >= 0.3 is 5.97 Å². The number of likely N-dealkylation sites (tertiary alicyclic amines) is 1. The molecule has 1 aliphatic heterocycles. The van der Waals surface area contributed by atoms with Crippen LogP contribution in [0.4, 0.5) is 0 Å². The molecule has 3 rings (SSSR count). The smallest absolute Gasteiger partial charge is 0.327 e. The third-order valence-corrected chi connectivity index (χ3v) is 6.10. The van der Waals surface area contributed by atoms with Crippen molar-refractivity contribution in [1.82, 2.24) is 10.2 Å². The average molecular weight is 344 g/mol. The summed E-state index contributed by atoms with van der Waals surface area (Å²) >= 11 is 0. The van der Waals surface area contributed by atoms with Gasteiger partial charge in [0, 0.05) is 12.8 Å². The summed E-state index contributed by atoms with van der Waals surface area (Å²) in [4.78, 5) is 26.9. The predicted molar refractivity (Wildman–Crippen MR) is 96.4 cm³/mol. The minimum atomic E-state index is -1.12. The van der Waals surface area contributed by atoms with Crippen LogP contribution >= 0.6 is 0 Å². The maximum atomic E-state index is 12.9. The second kappa shape index (κ2) is 6.79. The van der Waals surface area contributed by atoms with Crippen LogP contribution < -0.4 is 5.32 Å². The number of carbonyl (C=O) groups excluding carboxylic acids is 1. The molecule has 136 valence electrons. The summed E-state index contributed by atoms with van der Waals surface area (Å²) in [6.07, 6.45) is 4.42. The summed E-state index contributed by atoms with van der Waals surface area (Å²) in [6, 6.07) is 9.94. The lowest BCUT2D eigenvalue weighted by atomic mass is 9.59. The second-order valence-electron chi connectivity index (χ2n) is 7.63. The van der Waals surface area contributed by atoms with E-state index in [1.165, 1.54) is 6.92 Å². The lowest BCUT2D eigenvalue weighted by Gasteiger charge is -2.57. The summed E-state index contributed by atoms with van der Waals surface area (Å²) < 4.78 is 0. The number of carboxylic acids is 1. The number of benzene rings is 1. The van der Waals surface area contributed by atoms with E-state index in [1.54, 1.807) is 0 Å². The number of aliphatic carboxylic acids is 1. The number of rotatable bonds is 4. The van der Waals surface area contributed by atoms with Crippen molar-refractivity contribution in [2.45, 2.75) is 62.9 Å². The fourth-order valence-electron chi connectivity index (χ4n) is 5.24. The molecule has 3 unspecified atom stereocenters. The van der Waals surface area contributed by atoms with Crippen LogP contribution in [-0.2, 0) is 9.59 Å². The van der Waals surface area contributed by atoms with Gasteiger partial charge in [-0.1, -0.05) is 36.8 Å². The van der Waals surface area contributed by atoms with Crippen LogP contribution in [0.5, 0.6) is 0 Å². The molecule has 0 aromatic heterocycles. The van der Waals surface area contributed by atoms with Crippen LogP contribution in [0.1, 0.15) is 57.4 Å². The molecule has 1 saturated heterocycles. The normalized spacial score (nSPS) is 33.1. The van der Waals surface area contributed by atoms with Crippen LogP contribution in [0.3, 0.4) is 0 Å². The molecule has 1 saturated carbocycles. The molecule has 3 atom stereocenters. The summed E-state index contributed by atoms with van der Waals surface area (Å²) in [6.45, 7) is 4.94. The Balaban J connectivity index is 2.18. The molecule has 0 radical (unpaired) electrons. The first-order valence-corrected chi connectivity index (χ1v) is 9.24. The Hall–Kier alpha value is -1.88. The molecule has 2 N–H and O–H groups in total. The van der Waals surface area contributed by atoms with Crippen LogP contribution in [0.25, 0.3) is 0 Å². The Bertz CT molecular complexity index is 642. The SMILES string of the molecule is CC(=O)NC1(C)CCCC(c2ccccc2)C1(C(=O)O)N1CCCC1. The molecular formula is C20H28N2O3. The van der Waals surface area contributed by atoms with Gasteiger partial charge in [0.1, 0.15) is 5.54 Å². The minimum Gasteiger partial charge on any atom is -0.480 e. The Labute approximate surface area is 149 Å². The maximum absolute atomic E-state index is 12.9. The van der Waals surface area contributed by atoms with E-state index in [-0.39, 0.29) is 11.8 Å². The van der Waals surface area contributed by atoms with Crippen molar-refractivity contribution in [1.29, 1.82) is 0 Å². The third-order valence-electron chi connectivity index (χ3n) is 6.10. The maximum Gasteiger partial charge on any atom is 0.327 e. The molecule has 2 fully saturated rings. The van der Waals surface area contributed by atoms with Crippen LogP contribution in [0.2, 0.25) is 0 Å². The van der Waals surface area contributed by atoms with Gasteiger partial charge in [-0.15, -0.1) is 0 Å². The van der Waals surface area contributed by atoms with Crippen molar-refractivity contribution in [2.75, 3.05) is 13.1 Å². The molecule has 1 aromatic carbocycles. The quantitative estimate of drug-likeness (QED) is 0.881. The highest BCUT2D eigenvalue weighted by Gasteiger charge is 2.64. The summed E-state index contributed by atoms with van der Waals surface area (Å²) in [7, 11) is 0.